The SMILES string of the molecule is CC(C)NCC(=O)Nc1nc2ccccc2s1. The first-order valence-corrected chi connectivity index (χ1v) is 6.35. The number of nitrogens with zero attached hydrogens (tertiary/aromatic N) is 1. The average Bonchev–Trinajstić information content (AvgIpc) is 2.68. The molecule has 0 saturated carbocycles. The van der Waals surface area contributed by atoms with Gasteiger partial charge in [0.25, 0.3) is 0 Å². The van der Waals surface area contributed by atoms with Crippen molar-refractivity contribution in [3.63, 3.8) is 0 Å². The molecule has 0 fully saturated rings. The maximum Gasteiger partial charge on any atom is 0.240 e. The zero-order valence-electron chi connectivity index (χ0n) is 9.86. The number of anilines is 1. The Balaban J connectivity index is 2.01. The smallest absolute Gasteiger partial charge is 0.240 e. The Morgan fingerprint density at radius 3 is 2.88 bits per heavy atom. The van der Waals surface area contributed by atoms with Crippen LogP contribution in [0.15, 0.2) is 24.3 Å². The lowest BCUT2D eigenvalue weighted by Crippen LogP contribution is -2.32. The predicted molar refractivity (Wildman–Crippen MR) is 71.4 cm³/mol. The van der Waals surface area contributed by atoms with Crippen molar-refractivity contribution in [1.82, 2.24) is 10.3 Å². The largest absolute Gasteiger partial charge is 0.306 e. The highest BCUT2D eigenvalue weighted by atomic mass is 32.1. The van der Waals surface area contributed by atoms with E-state index >= 15 is 0 Å². The summed E-state index contributed by atoms with van der Waals surface area (Å²) in [6.07, 6.45) is 0. The first kappa shape index (κ1) is 12.0. The molecule has 1 amide bonds. The average molecular weight is 249 g/mol. The van der Waals surface area contributed by atoms with E-state index in [9.17, 15) is 4.79 Å². The first-order valence-electron chi connectivity index (χ1n) is 5.54. The minimum atomic E-state index is -0.0576. The summed E-state index contributed by atoms with van der Waals surface area (Å²) in [5.41, 5.74) is 0.921. The zero-order valence-corrected chi connectivity index (χ0v) is 10.7. The van der Waals surface area contributed by atoms with Gasteiger partial charge in [0.2, 0.25) is 5.91 Å². The van der Waals surface area contributed by atoms with Gasteiger partial charge in [0.1, 0.15) is 0 Å². The highest BCUT2D eigenvalue weighted by Gasteiger charge is 2.07. The summed E-state index contributed by atoms with van der Waals surface area (Å²) < 4.78 is 1.08. The summed E-state index contributed by atoms with van der Waals surface area (Å²) in [7, 11) is 0. The molecule has 0 aliphatic rings. The molecule has 0 unspecified atom stereocenters. The Morgan fingerprint density at radius 2 is 2.18 bits per heavy atom. The number of carbonyl (C=O) groups excluding carboxylic acids is 1. The van der Waals surface area contributed by atoms with Gasteiger partial charge in [-0.05, 0) is 12.1 Å². The van der Waals surface area contributed by atoms with Crippen molar-refractivity contribution in [2.75, 3.05) is 11.9 Å². The van der Waals surface area contributed by atoms with Crippen molar-refractivity contribution in [2.45, 2.75) is 19.9 Å². The van der Waals surface area contributed by atoms with E-state index in [2.05, 4.69) is 15.6 Å². The summed E-state index contributed by atoms with van der Waals surface area (Å²) in [6, 6.07) is 8.14. The van der Waals surface area contributed by atoms with Crippen LogP contribution in [0.4, 0.5) is 5.13 Å². The van der Waals surface area contributed by atoms with E-state index < -0.39 is 0 Å². The molecule has 1 heterocycles. The maximum atomic E-state index is 11.6. The van der Waals surface area contributed by atoms with Gasteiger partial charge in [-0.3, -0.25) is 4.79 Å². The maximum absolute atomic E-state index is 11.6. The van der Waals surface area contributed by atoms with Crippen LogP contribution in [0.2, 0.25) is 0 Å². The molecule has 0 aliphatic carbocycles. The van der Waals surface area contributed by atoms with Crippen molar-refractivity contribution in [3.8, 4) is 0 Å². The molecule has 0 spiro atoms. The number of thiazole rings is 1. The molecule has 2 aromatic rings. The fourth-order valence-corrected chi connectivity index (χ4v) is 2.27. The van der Waals surface area contributed by atoms with Gasteiger partial charge in [-0.2, -0.15) is 0 Å². The Kier molecular flexibility index (Phi) is 3.71. The fraction of sp³-hybridized carbons (Fsp3) is 0.333. The molecule has 90 valence electrons. The number of para-hydroxylation sites is 1. The molecule has 0 atom stereocenters. The van der Waals surface area contributed by atoms with Crippen LogP contribution in [-0.4, -0.2) is 23.5 Å². The third-order valence-corrected chi connectivity index (χ3v) is 3.16. The van der Waals surface area contributed by atoms with Gasteiger partial charge in [-0.15, -0.1) is 0 Å². The van der Waals surface area contributed by atoms with E-state index in [0.717, 1.165) is 10.2 Å². The third-order valence-electron chi connectivity index (χ3n) is 2.21. The number of amides is 1. The van der Waals surface area contributed by atoms with E-state index in [1.165, 1.54) is 11.3 Å². The minimum absolute atomic E-state index is 0.0576. The molecule has 17 heavy (non-hydrogen) atoms. The number of fused-ring (bicyclic) bond motifs is 1. The number of carbonyl (C=O) groups is 1. The molecule has 2 N–H and O–H groups in total. The number of rotatable bonds is 4. The second-order valence-corrected chi connectivity index (χ2v) is 5.10. The number of aromatic nitrogens is 1. The Morgan fingerprint density at radius 1 is 1.41 bits per heavy atom. The van der Waals surface area contributed by atoms with E-state index in [0.29, 0.717) is 17.7 Å². The van der Waals surface area contributed by atoms with Gasteiger partial charge in [-0.1, -0.05) is 37.3 Å². The van der Waals surface area contributed by atoms with Crippen LogP contribution in [0.1, 0.15) is 13.8 Å². The van der Waals surface area contributed by atoms with Crippen LogP contribution >= 0.6 is 11.3 Å². The fourth-order valence-electron chi connectivity index (χ4n) is 1.39. The van der Waals surface area contributed by atoms with Crippen LogP contribution in [0.25, 0.3) is 10.2 Å². The van der Waals surface area contributed by atoms with Gasteiger partial charge in [0, 0.05) is 6.04 Å². The first-order chi connectivity index (χ1) is 8.15. The molecule has 1 aromatic carbocycles. The van der Waals surface area contributed by atoms with Crippen molar-refractivity contribution in [1.29, 1.82) is 0 Å². The normalized spacial score (nSPS) is 11.0. The molecule has 0 saturated heterocycles. The molecule has 4 nitrogen and oxygen atoms in total. The molecule has 0 aliphatic heterocycles. The second kappa shape index (κ2) is 5.25. The van der Waals surface area contributed by atoms with E-state index in [4.69, 9.17) is 0 Å². The summed E-state index contributed by atoms with van der Waals surface area (Å²) in [4.78, 5) is 15.9. The lowest BCUT2D eigenvalue weighted by atomic mass is 10.3. The number of hydrogen-bond donors (Lipinski definition) is 2. The Bertz CT molecular complexity index is 488. The van der Waals surface area contributed by atoms with Gasteiger partial charge in [0.15, 0.2) is 5.13 Å². The van der Waals surface area contributed by atoms with Crippen LogP contribution in [-0.2, 0) is 4.79 Å². The van der Waals surface area contributed by atoms with E-state index in [1.807, 2.05) is 38.1 Å². The summed E-state index contributed by atoms with van der Waals surface area (Å²) in [6.45, 7) is 4.32. The Labute approximate surface area is 104 Å². The molecular weight excluding hydrogens is 234 g/mol. The lowest BCUT2D eigenvalue weighted by molar-refractivity contribution is -0.115. The number of benzene rings is 1. The van der Waals surface area contributed by atoms with Crippen molar-refractivity contribution in [2.24, 2.45) is 0 Å². The summed E-state index contributed by atoms with van der Waals surface area (Å²) in [5, 5.41) is 6.51. The lowest BCUT2D eigenvalue weighted by Gasteiger charge is -2.06. The molecule has 5 heteroatoms. The van der Waals surface area contributed by atoms with Crippen molar-refractivity contribution < 1.29 is 4.79 Å². The van der Waals surface area contributed by atoms with Crippen LogP contribution < -0.4 is 10.6 Å². The van der Waals surface area contributed by atoms with Crippen LogP contribution in [0.3, 0.4) is 0 Å². The van der Waals surface area contributed by atoms with E-state index in [1.54, 1.807) is 0 Å². The monoisotopic (exact) mass is 249 g/mol. The quantitative estimate of drug-likeness (QED) is 0.873. The molecular formula is C12H15N3OS. The molecule has 1 aromatic heterocycles. The summed E-state index contributed by atoms with van der Waals surface area (Å²) >= 11 is 1.49. The number of nitrogens with one attached hydrogen (secondary N) is 2. The highest BCUT2D eigenvalue weighted by Crippen LogP contribution is 2.25. The van der Waals surface area contributed by atoms with Gasteiger partial charge < -0.3 is 10.6 Å². The molecule has 0 bridgehead atoms. The number of hydrogen-bond acceptors (Lipinski definition) is 4. The van der Waals surface area contributed by atoms with Gasteiger partial charge in [0.05, 0.1) is 16.8 Å². The highest BCUT2D eigenvalue weighted by molar-refractivity contribution is 7.22. The minimum Gasteiger partial charge on any atom is -0.306 e. The van der Waals surface area contributed by atoms with Crippen LogP contribution in [0.5, 0.6) is 0 Å². The second-order valence-electron chi connectivity index (χ2n) is 4.07. The third kappa shape index (κ3) is 3.25. The molecule has 0 radical (unpaired) electrons. The molecule has 2 rings (SSSR count). The standard InChI is InChI=1S/C12H15N3OS/c1-8(2)13-7-11(16)15-12-14-9-5-3-4-6-10(9)17-12/h3-6,8,13H,7H2,1-2H3,(H,14,15,16). The van der Waals surface area contributed by atoms with E-state index in [-0.39, 0.29) is 5.91 Å². The topological polar surface area (TPSA) is 54.0 Å². The van der Waals surface area contributed by atoms with Crippen molar-refractivity contribution in [3.05, 3.63) is 24.3 Å². The Hall–Kier alpha value is -1.46. The van der Waals surface area contributed by atoms with Crippen LogP contribution in [0, 0.1) is 0 Å². The predicted octanol–water partition coefficient (Wildman–Crippen LogP) is 2.23. The van der Waals surface area contributed by atoms with Gasteiger partial charge in [-0.25, -0.2) is 4.98 Å². The van der Waals surface area contributed by atoms with Crippen molar-refractivity contribution >= 4 is 32.6 Å². The zero-order chi connectivity index (χ0) is 12.3. The summed E-state index contributed by atoms with van der Waals surface area (Å²) in [5.74, 6) is -0.0576. The van der Waals surface area contributed by atoms with Gasteiger partial charge >= 0.3 is 0 Å².